The summed E-state index contributed by atoms with van der Waals surface area (Å²) in [6.45, 7) is 12.8. The molecule has 24 heavy (non-hydrogen) atoms. The normalized spacial score (nSPS) is 27.4. The Balaban J connectivity index is 2.07. The van der Waals surface area contributed by atoms with Crippen LogP contribution in [0.4, 0.5) is 0 Å². The standard InChI is InChI=1S/C20H33NO3/c1-6-19(5)15-20(16(2)3,10-13-24-19)9-11-21(17(4)22)14-18-8-7-12-23-18/h7-8,12,16H,6,9-11,13-15H2,1-5H3. The molecule has 0 spiro atoms. The first-order valence-electron chi connectivity index (χ1n) is 9.22. The van der Waals surface area contributed by atoms with Gasteiger partial charge in [0.05, 0.1) is 18.4 Å². The van der Waals surface area contributed by atoms with Crippen molar-refractivity contribution < 1.29 is 13.9 Å². The summed E-state index contributed by atoms with van der Waals surface area (Å²) in [7, 11) is 0. The molecule has 1 amide bonds. The molecular formula is C20H33NO3. The molecule has 2 rings (SSSR count). The van der Waals surface area contributed by atoms with Crippen molar-refractivity contribution in [3.05, 3.63) is 24.2 Å². The van der Waals surface area contributed by atoms with E-state index in [0.717, 1.165) is 44.6 Å². The molecule has 0 bridgehead atoms. The van der Waals surface area contributed by atoms with Gasteiger partial charge in [0, 0.05) is 20.1 Å². The lowest BCUT2D eigenvalue weighted by atomic mass is 9.64. The quantitative estimate of drug-likeness (QED) is 0.729. The van der Waals surface area contributed by atoms with Crippen molar-refractivity contribution in [2.24, 2.45) is 11.3 Å². The van der Waals surface area contributed by atoms with Crippen molar-refractivity contribution in [1.82, 2.24) is 4.90 Å². The van der Waals surface area contributed by atoms with Crippen LogP contribution in [0.2, 0.25) is 0 Å². The van der Waals surface area contributed by atoms with Crippen LogP contribution in [0.1, 0.15) is 66.1 Å². The van der Waals surface area contributed by atoms with Crippen LogP contribution >= 0.6 is 0 Å². The van der Waals surface area contributed by atoms with E-state index in [4.69, 9.17) is 9.15 Å². The molecule has 2 heterocycles. The molecule has 0 aliphatic carbocycles. The molecule has 0 radical (unpaired) electrons. The first-order chi connectivity index (χ1) is 11.3. The fraction of sp³-hybridized carbons (Fsp3) is 0.750. The summed E-state index contributed by atoms with van der Waals surface area (Å²) in [5.41, 5.74) is 0.199. The molecule has 1 aromatic heterocycles. The molecular weight excluding hydrogens is 302 g/mol. The summed E-state index contributed by atoms with van der Waals surface area (Å²) in [6.07, 6.45) is 5.86. The van der Waals surface area contributed by atoms with Gasteiger partial charge in [0.15, 0.2) is 0 Å². The zero-order chi connectivity index (χ0) is 17.8. The highest BCUT2D eigenvalue weighted by Gasteiger charge is 2.44. The van der Waals surface area contributed by atoms with E-state index in [1.165, 1.54) is 0 Å². The number of hydrogen-bond donors (Lipinski definition) is 0. The minimum absolute atomic E-state index is 0.0371. The highest BCUT2D eigenvalue weighted by Crippen LogP contribution is 2.48. The number of carbonyl (C=O) groups excluding carboxylic acids is 1. The zero-order valence-corrected chi connectivity index (χ0v) is 15.9. The minimum Gasteiger partial charge on any atom is -0.467 e. The predicted molar refractivity (Wildman–Crippen MR) is 95.6 cm³/mol. The van der Waals surface area contributed by atoms with Gasteiger partial charge in [-0.25, -0.2) is 0 Å². The van der Waals surface area contributed by atoms with E-state index in [1.54, 1.807) is 13.2 Å². The van der Waals surface area contributed by atoms with Crippen molar-refractivity contribution in [1.29, 1.82) is 0 Å². The SMILES string of the molecule is CCC1(C)CC(CCN(Cc2ccco2)C(C)=O)(C(C)C)CCO1. The number of nitrogens with zero attached hydrogens (tertiary/aromatic N) is 1. The smallest absolute Gasteiger partial charge is 0.219 e. The molecule has 1 fully saturated rings. The predicted octanol–water partition coefficient (Wildman–Crippen LogP) is 4.64. The molecule has 1 aliphatic rings. The average molecular weight is 335 g/mol. The number of hydrogen-bond acceptors (Lipinski definition) is 3. The summed E-state index contributed by atoms with van der Waals surface area (Å²) >= 11 is 0. The highest BCUT2D eigenvalue weighted by molar-refractivity contribution is 5.73. The van der Waals surface area contributed by atoms with Crippen LogP contribution in [0.15, 0.2) is 22.8 Å². The van der Waals surface area contributed by atoms with Gasteiger partial charge < -0.3 is 14.1 Å². The Morgan fingerprint density at radius 1 is 1.42 bits per heavy atom. The molecule has 4 nitrogen and oxygen atoms in total. The van der Waals surface area contributed by atoms with Crippen LogP contribution in [0, 0.1) is 11.3 Å². The molecule has 4 heteroatoms. The zero-order valence-electron chi connectivity index (χ0n) is 15.9. The van der Waals surface area contributed by atoms with Gasteiger partial charge in [-0.1, -0.05) is 20.8 Å². The molecule has 1 aromatic rings. The Labute approximate surface area is 146 Å². The Kier molecular flexibility index (Phi) is 6.13. The van der Waals surface area contributed by atoms with Crippen LogP contribution in [0.3, 0.4) is 0 Å². The van der Waals surface area contributed by atoms with Crippen LogP contribution in [0.5, 0.6) is 0 Å². The van der Waals surface area contributed by atoms with E-state index in [9.17, 15) is 4.79 Å². The van der Waals surface area contributed by atoms with Crippen molar-refractivity contribution in [3.8, 4) is 0 Å². The number of rotatable bonds is 7. The van der Waals surface area contributed by atoms with Gasteiger partial charge in [0.1, 0.15) is 5.76 Å². The van der Waals surface area contributed by atoms with Crippen LogP contribution < -0.4 is 0 Å². The topological polar surface area (TPSA) is 42.7 Å². The lowest BCUT2D eigenvalue weighted by Gasteiger charge is -2.49. The third-order valence-corrected chi connectivity index (χ3v) is 6.00. The summed E-state index contributed by atoms with van der Waals surface area (Å²) in [4.78, 5) is 14.0. The first-order valence-corrected chi connectivity index (χ1v) is 9.22. The van der Waals surface area contributed by atoms with Gasteiger partial charge in [-0.2, -0.15) is 0 Å². The molecule has 2 atom stereocenters. The van der Waals surface area contributed by atoms with Crippen molar-refractivity contribution in [2.75, 3.05) is 13.2 Å². The Bertz CT molecular complexity index is 525. The molecule has 0 saturated carbocycles. The lowest BCUT2D eigenvalue weighted by molar-refractivity contribution is -0.139. The van der Waals surface area contributed by atoms with E-state index in [1.807, 2.05) is 17.0 Å². The van der Waals surface area contributed by atoms with Crippen LogP contribution in [-0.2, 0) is 16.1 Å². The number of amides is 1. The Morgan fingerprint density at radius 3 is 2.71 bits per heavy atom. The van der Waals surface area contributed by atoms with Crippen molar-refractivity contribution in [3.63, 3.8) is 0 Å². The van der Waals surface area contributed by atoms with E-state index < -0.39 is 0 Å². The largest absolute Gasteiger partial charge is 0.467 e. The van der Waals surface area contributed by atoms with Crippen molar-refractivity contribution >= 4 is 5.91 Å². The molecule has 2 unspecified atom stereocenters. The third-order valence-electron chi connectivity index (χ3n) is 6.00. The second kappa shape index (κ2) is 7.73. The van der Waals surface area contributed by atoms with Gasteiger partial charge in [-0.05, 0) is 56.1 Å². The monoisotopic (exact) mass is 335 g/mol. The maximum atomic E-state index is 12.1. The van der Waals surface area contributed by atoms with E-state index in [-0.39, 0.29) is 16.9 Å². The van der Waals surface area contributed by atoms with Gasteiger partial charge in [0.2, 0.25) is 5.91 Å². The summed E-state index contributed by atoms with van der Waals surface area (Å²) in [5, 5.41) is 0. The van der Waals surface area contributed by atoms with E-state index in [0.29, 0.717) is 12.5 Å². The second-order valence-electron chi connectivity index (χ2n) is 7.87. The fourth-order valence-electron chi connectivity index (χ4n) is 3.90. The van der Waals surface area contributed by atoms with Gasteiger partial charge in [-0.15, -0.1) is 0 Å². The Morgan fingerprint density at radius 2 is 2.17 bits per heavy atom. The maximum absolute atomic E-state index is 12.1. The van der Waals surface area contributed by atoms with Crippen LogP contribution in [0.25, 0.3) is 0 Å². The van der Waals surface area contributed by atoms with Gasteiger partial charge in [-0.3, -0.25) is 4.79 Å². The molecule has 136 valence electrons. The summed E-state index contributed by atoms with van der Waals surface area (Å²) in [5.74, 6) is 1.52. The fourth-order valence-corrected chi connectivity index (χ4v) is 3.90. The summed E-state index contributed by atoms with van der Waals surface area (Å²) in [6, 6.07) is 3.80. The highest BCUT2D eigenvalue weighted by atomic mass is 16.5. The first kappa shape index (κ1) is 19.0. The minimum atomic E-state index is -0.0371. The van der Waals surface area contributed by atoms with Crippen molar-refractivity contribution in [2.45, 2.75) is 72.4 Å². The summed E-state index contributed by atoms with van der Waals surface area (Å²) < 4.78 is 11.5. The lowest BCUT2D eigenvalue weighted by Crippen LogP contribution is -2.47. The van der Waals surface area contributed by atoms with Crippen LogP contribution in [-0.4, -0.2) is 29.6 Å². The Hall–Kier alpha value is -1.29. The molecule has 1 aliphatic heterocycles. The average Bonchev–Trinajstić information content (AvgIpc) is 3.04. The maximum Gasteiger partial charge on any atom is 0.219 e. The third kappa shape index (κ3) is 4.41. The van der Waals surface area contributed by atoms with E-state index in [2.05, 4.69) is 27.7 Å². The van der Waals surface area contributed by atoms with E-state index >= 15 is 0 Å². The molecule has 0 aromatic carbocycles. The van der Waals surface area contributed by atoms with Gasteiger partial charge in [0.25, 0.3) is 0 Å². The number of ether oxygens (including phenoxy) is 1. The van der Waals surface area contributed by atoms with Gasteiger partial charge >= 0.3 is 0 Å². The second-order valence-corrected chi connectivity index (χ2v) is 7.87. The number of carbonyl (C=O) groups is 1. The molecule has 1 saturated heterocycles. The molecule has 0 N–H and O–H groups in total. The number of furan rings is 1.